The molecule has 1 fully saturated rings. The highest BCUT2D eigenvalue weighted by Crippen LogP contribution is 2.43. The predicted octanol–water partition coefficient (Wildman–Crippen LogP) is 5.66. The molecule has 246 valence electrons. The van der Waals surface area contributed by atoms with Crippen LogP contribution in [0, 0.1) is 0 Å². The highest BCUT2D eigenvalue weighted by molar-refractivity contribution is 6.03. The average molecular weight is 640 g/mol. The van der Waals surface area contributed by atoms with E-state index in [1.54, 1.807) is 63.2 Å². The van der Waals surface area contributed by atoms with Gasteiger partial charge in [-0.3, -0.25) is 14.5 Å². The summed E-state index contributed by atoms with van der Waals surface area (Å²) >= 11 is 0. The number of fused-ring (bicyclic) bond motifs is 2. The molecule has 5 rings (SSSR count). The van der Waals surface area contributed by atoms with Crippen LogP contribution in [0.25, 0.3) is 10.8 Å². The fourth-order valence-corrected chi connectivity index (χ4v) is 5.78. The van der Waals surface area contributed by atoms with Crippen molar-refractivity contribution < 1.29 is 42.1 Å². The van der Waals surface area contributed by atoms with Gasteiger partial charge in [0, 0.05) is 25.5 Å². The molecule has 1 spiro atoms. The van der Waals surface area contributed by atoms with Gasteiger partial charge in [0.1, 0.15) is 34.8 Å². The number of anilines is 1. The van der Waals surface area contributed by atoms with Crippen LogP contribution in [-0.4, -0.2) is 73.0 Å². The second-order valence-corrected chi connectivity index (χ2v) is 12.5. The first-order chi connectivity index (χ1) is 21.8. The number of rotatable bonds is 7. The molecule has 0 bridgehead atoms. The van der Waals surface area contributed by atoms with Crippen molar-refractivity contribution in [3.05, 3.63) is 66.2 Å². The Labute approximate surface area is 266 Å². The van der Waals surface area contributed by atoms with Crippen LogP contribution in [0.1, 0.15) is 46.1 Å². The van der Waals surface area contributed by atoms with Crippen LogP contribution < -0.4 is 19.7 Å². The molecule has 2 heterocycles. The van der Waals surface area contributed by atoms with Gasteiger partial charge in [0.2, 0.25) is 5.91 Å². The molecule has 12 heteroatoms. The molecule has 3 amide bonds. The fourth-order valence-electron chi connectivity index (χ4n) is 5.78. The molecule has 1 N–H and O–H groups in total. The molecule has 2 atom stereocenters. The van der Waals surface area contributed by atoms with E-state index in [1.165, 1.54) is 24.9 Å². The number of nitrogens with zero attached hydrogens (tertiary/aromatic N) is 2. The van der Waals surface area contributed by atoms with Gasteiger partial charge in [-0.2, -0.15) is 8.78 Å². The summed E-state index contributed by atoms with van der Waals surface area (Å²) in [5.41, 5.74) is -1.20. The summed E-state index contributed by atoms with van der Waals surface area (Å²) in [6, 6.07) is 15.1. The molecule has 0 aliphatic carbocycles. The van der Waals surface area contributed by atoms with E-state index in [9.17, 15) is 23.2 Å². The second-order valence-electron chi connectivity index (χ2n) is 12.5. The number of amides is 3. The minimum Gasteiger partial charge on any atom is -0.482 e. The number of carbonyl (C=O) groups is 3. The Morgan fingerprint density at radius 3 is 2.43 bits per heavy atom. The lowest BCUT2D eigenvalue weighted by molar-refractivity contribution is -0.139. The zero-order valence-corrected chi connectivity index (χ0v) is 26.5. The van der Waals surface area contributed by atoms with E-state index in [0.717, 1.165) is 10.3 Å². The summed E-state index contributed by atoms with van der Waals surface area (Å²) in [6.45, 7) is 4.02. The van der Waals surface area contributed by atoms with Gasteiger partial charge in [0.05, 0.1) is 25.4 Å². The van der Waals surface area contributed by atoms with Gasteiger partial charge in [0.25, 0.3) is 5.91 Å². The Morgan fingerprint density at radius 1 is 1.07 bits per heavy atom. The SMILES string of the molecule is C[C@@H](C(=O)N[C@H]1C(=O)N(Cc2c(OC(F)F)ccc3ccccc23)c2ccccc2OC12CCOCC2)N(C)C(=O)OC(C)(C)C. The quantitative estimate of drug-likeness (QED) is 0.356. The molecule has 0 aromatic heterocycles. The number of benzene rings is 3. The van der Waals surface area contributed by atoms with Crippen molar-refractivity contribution in [2.75, 3.05) is 25.2 Å². The second kappa shape index (κ2) is 13.1. The van der Waals surface area contributed by atoms with E-state index in [-0.39, 0.29) is 38.3 Å². The van der Waals surface area contributed by atoms with Crippen molar-refractivity contribution in [2.45, 2.75) is 77.0 Å². The van der Waals surface area contributed by atoms with Crippen LogP contribution in [0.5, 0.6) is 11.5 Å². The van der Waals surface area contributed by atoms with E-state index >= 15 is 0 Å². The van der Waals surface area contributed by atoms with Gasteiger partial charge in [-0.25, -0.2) is 4.79 Å². The topological polar surface area (TPSA) is 107 Å². The third-order valence-corrected chi connectivity index (χ3v) is 8.31. The minimum absolute atomic E-state index is 0.0712. The Balaban J connectivity index is 1.57. The molecule has 2 aliphatic heterocycles. The zero-order chi connectivity index (χ0) is 33.2. The Kier molecular flexibility index (Phi) is 9.39. The van der Waals surface area contributed by atoms with Crippen LogP contribution in [0.2, 0.25) is 0 Å². The highest BCUT2D eigenvalue weighted by atomic mass is 19.3. The maximum Gasteiger partial charge on any atom is 0.410 e. The maximum absolute atomic E-state index is 14.8. The van der Waals surface area contributed by atoms with Gasteiger partial charge in [-0.1, -0.05) is 42.5 Å². The van der Waals surface area contributed by atoms with Crippen molar-refractivity contribution in [2.24, 2.45) is 0 Å². The minimum atomic E-state index is -3.09. The summed E-state index contributed by atoms with van der Waals surface area (Å²) < 4.78 is 49.8. The Morgan fingerprint density at radius 2 is 1.74 bits per heavy atom. The predicted molar refractivity (Wildman–Crippen MR) is 167 cm³/mol. The number of ether oxygens (including phenoxy) is 4. The molecule has 1 saturated heterocycles. The molecule has 2 aliphatic rings. The summed E-state index contributed by atoms with van der Waals surface area (Å²) in [4.78, 5) is 43.9. The molecule has 3 aromatic carbocycles. The third-order valence-electron chi connectivity index (χ3n) is 8.31. The van der Waals surface area contributed by atoms with E-state index in [4.69, 9.17) is 18.9 Å². The van der Waals surface area contributed by atoms with Crippen LogP contribution in [0.4, 0.5) is 19.3 Å². The number of halogens is 2. The molecule has 10 nitrogen and oxygen atoms in total. The maximum atomic E-state index is 14.8. The first kappa shape index (κ1) is 32.9. The molecule has 0 radical (unpaired) electrons. The molecule has 46 heavy (non-hydrogen) atoms. The standard InChI is InChI=1S/C34H39F2N3O7/c1-21(38(5)32(42)46-33(2,3)4)29(40)37-28-30(41)39(25-12-8-9-13-27(25)45-34(28)16-18-43-19-17-34)20-24-23-11-7-6-10-22(23)14-15-26(24)44-31(35)36/h6-15,21,28,31H,16-20H2,1-5H3,(H,37,40)/t21-,28-/m0/s1. The summed E-state index contributed by atoms with van der Waals surface area (Å²) in [5.74, 6) is -0.787. The monoisotopic (exact) mass is 639 g/mol. The Bertz CT molecular complexity index is 1600. The van der Waals surface area contributed by atoms with E-state index < -0.39 is 47.8 Å². The molecular formula is C34H39F2N3O7. The first-order valence-electron chi connectivity index (χ1n) is 15.2. The van der Waals surface area contributed by atoms with Gasteiger partial charge in [0.15, 0.2) is 0 Å². The number of hydrogen-bond donors (Lipinski definition) is 1. The van der Waals surface area contributed by atoms with E-state index in [2.05, 4.69) is 5.32 Å². The summed E-state index contributed by atoms with van der Waals surface area (Å²) in [5, 5.41) is 4.29. The van der Waals surface area contributed by atoms with Crippen LogP contribution in [0.3, 0.4) is 0 Å². The van der Waals surface area contributed by atoms with E-state index in [1.807, 2.05) is 12.1 Å². The number of hydrogen-bond acceptors (Lipinski definition) is 7. The van der Waals surface area contributed by atoms with Gasteiger partial charge >= 0.3 is 12.7 Å². The smallest absolute Gasteiger partial charge is 0.410 e. The van der Waals surface area contributed by atoms with Crippen molar-refractivity contribution in [3.8, 4) is 11.5 Å². The van der Waals surface area contributed by atoms with Gasteiger partial charge < -0.3 is 29.2 Å². The lowest BCUT2D eigenvalue weighted by atomic mass is 9.84. The largest absolute Gasteiger partial charge is 0.482 e. The Hall–Kier alpha value is -4.45. The first-order valence-corrected chi connectivity index (χ1v) is 15.2. The average Bonchev–Trinajstić information content (AvgIpc) is 3.09. The summed E-state index contributed by atoms with van der Waals surface area (Å²) in [6.07, 6.45) is -0.123. The van der Waals surface area contributed by atoms with Crippen molar-refractivity contribution >= 4 is 34.4 Å². The lowest BCUT2D eigenvalue weighted by Crippen LogP contribution is -2.65. The molecule has 0 unspecified atom stereocenters. The van der Waals surface area contributed by atoms with Crippen LogP contribution in [0.15, 0.2) is 60.7 Å². The van der Waals surface area contributed by atoms with Crippen LogP contribution >= 0.6 is 0 Å². The van der Waals surface area contributed by atoms with Gasteiger partial charge in [-0.05, 0) is 56.7 Å². The number of alkyl halides is 2. The van der Waals surface area contributed by atoms with Gasteiger partial charge in [-0.15, -0.1) is 0 Å². The van der Waals surface area contributed by atoms with Crippen molar-refractivity contribution in [1.82, 2.24) is 10.2 Å². The van der Waals surface area contributed by atoms with Crippen molar-refractivity contribution in [1.29, 1.82) is 0 Å². The molecular weight excluding hydrogens is 600 g/mol. The van der Waals surface area contributed by atoms with Crippen LogP contribution in [-0.2, 0) is 25.6 Å². The van der Waals surface area contributed by atoms with E-state index in [0.29, 0.717) is 22.4 Å². The third kappa shape index (κ3) is 6.86. The molecule has 0 saturated carbocycles. The number of likely N-dealkylation sites (N-methyl/N-ethyl adjacent to an activating group) is 1. The molecule has 3 aromatic rings. The number of carbonyl (C=O) groups excluding carboxylic acids is 3. The summed E-state index contributed by atoms with van der Waals surface area (Å²) in [7, 11) is 1.45. The highest BCUT2D eigenvalue weighted by Gasteiger charge is 2.52. The fraction of sp³-hybridized carbons (Fsp3) is 0.441. The number of nitrogens with one attached hydrogen (secondary N) is 1. The number of para-hydroxylation sites is 2. The normalized spacial score (nSPS) is 18.4. The zero-order valence-electron chi connectivity index (χ0n) is 26.5. The van der Waals surface area contributed by atoms with Crippen molar-refractivity contribution in [3.63, 3.8) is 0 Å². The lowest BCUT2D eigenvalue weighted by Gasteiger charge is -2.42.